The van der Waals surface area contributed by atoms with Gasteiger partial charge in [0.2, 0.25) is 11.8 Å². The maximum absolute atomic E-state index is 13.3. The van der Waals surface area contributed by atoms with Crippen LogP contribution in [-0.2, 0) is 48.8 Å². The second-order valence-electron chi connectivity index (χ2n) is 13.2. The largest absolute Gasteiger partial charge is 0.496 e. The van der Waals surface area contributed by atoms with E-state index in [1.54, 1.807) is 26.8 Å². The highest BCUT2D eigenvalue weighted by Crippen LogP contribution is 2.53. The average molecular weight is 676 g/mol. The van der Waals surface area contributed by atoms with Gasteiger partial charge in [-0.25, -0.2) is 4.79 Å². The van der Waals surface area contributed by atoms with E-state index in [1.165, 1.54) is 14.2 Å². The predicted octanol–water partition coefficient (Wildman–Crippen LogP) is 5.20. The molecule has 12 heteroatoms. The molecule has 262 valence electrons. The first-order valence-corrected chi connectivity index (χ1v) is 16.0. The van der Waals surface area contributed by atoms with Crippen LogP contribution in [0.25, 0.3) is 0 Å². The van der Waals surface area contributed by atoms with Crippen molar-refractivity contribution in [1.82, 2.24) is 10.6 Å². The van der Waals surface area contributed by atoms with Crippen LogP contribution in [0.15, 0.2) is 54.6 Å². The molecule has 3 aromatic rings. The number of imide groups is 1. The van der Waals surface area contributed by atoms with Gasteiger partial charge in [-0.3, -0.25) is 19.7 Å². The highest BCUT2D eigenvalue weighted by Gasteiger charge is 2.39. The molecular weight excluding hydrogens is 630 g/mol. The SMILES string of the molecule is COc1ccc2c(c1CNC(=O)OC(C)(C)C)Oc1c(ccc(OC)c1CC(=O)NC(=O)[C@@H](N)CCC(=O)OCc1ccccc1)C2(C)C. The normalized spacial score (nSPS) is 13.5. The van der Waals surface area contributed by atoms with Crippen LogP contribution in [0, 0.1) is 0 Å². The lowest BCUT2D eigenvalue weighted by molar-refractivity contribution is -0.145. The van der Waals surface area contributed by atoms with E-state index in [-0.39, 0.29) is 32.4 Å². The van der Waals surface area contributed by atoms with E-state index >= 15 is 0 Å². The van der Waals surface area contributed by atoms with Gasteiger partial charge in [0.05, 0.1) is 38.8 Å². The molecule has 0 unspecified atom stereocenters. The van der Waals surface area contributed by atoms with Gasteiger partial charge < -0.3 is 34.7 Å². The second kappa shape index (κ2) is 15.4. The van der Waals surface area contributed by atoms with Crippen molar-refractivity contribution in [2.75, 3.05) is 14.2 Å². The number of methoxy groups -OCH3 is 2. The van der Waals surface area contributed by atoms with Crippen molar-refractivity contribution in [2.24, 2.45) is 5.73 Å². The number of amides is 3. The van der Waals surface area contributed by atoms with Crippen LogP contribution in [0.5, 0.6) is 23.0 Å². The highest BCUT2D eigenvalue weighted by atomic mass is 16.6. The van der Waals surface area contributed by atoms with Gasteiger partial charge in [-0.15, -0.1) is 0 Å². The first-order valence-electron chi connectivity index (χ1n) is 16.0. The van der Waals surface area contributed by atoms with Gasteiger partial charge in [0.1, 0.15) is 35.2 Å². The number of fused-ring (bicyclic) bond motifs is 2. The Morgan fingerprint density at radius 1 is 0.878 bits per heavy atom. The number of benzene rings is 3. The standard InChI is InChI=1S/C37H45N3O9/c1-36(2,3)49-35(44)39-20-24-29(46-7)17-14-26-33(24)48-32-23(28(45-6)16-13-25(32)37(26,4)5)19-30(41)40-34(43)27(38)15-18-31(42)47-21-22-11-9-8-10-12-22/h8-14,16-17,27H,15,18-21,38H2,1-7H3,(H,39,44)(H,40,41,43)/t27-/m0/s1. The molecule has 0 radical (unpaired) electrons. The monoisotopic (exact) mass is 675 g/mol. The number of alkyl carbamates (subject to hydrolysis) is 1. The fourth-order valence-corrected chi connectivity index (χ4v) is 5.53. The zero-order valence-electron chi connectivity index (χ0n) is 29.1. The smallest absolute Gasteiger partial charge is 0.407 e. The maximum Gasteiger partial charge on any atom is 0.407 e. The van der Waals surface area contributed by atoms with E-state index < -0.39 is 40.9 Å². The molecule has 0 bridgehead atoms. The van der Waals surface area contributed by atoms with Crippen molar-refractivity contribution in [3.8, 4) is 23.0 Å². The average Bonchev–Trinajstić information content (AvgIpc) is 3.05. The molecule has 4 rings (SSSR count). The topological polar surface area (TPSA) is 165 Å². The molecule has 0 aromatic heterocycles. The zero-order valence-corrected chi connectivity index (χ0v) is 29.1. The van der Waals surface area contributed by atoms with E-state index in [0.29, 0.717) is 34.1 Å². The van der Waals surface area contributed by atoms with Gasteiger partial charge >= 0.3 is 12.1 Å². The third-order valence-corrected chi connectivity index (χ3v) is 8.07. The molecule has 1 heterocycles. The molecule has 0 aliphatic carbocycles. The Kier molecular flexibility index (Phi) is 11.6. The molecular formula is C37H45N3O9. The molecule has 12 nitrogen and oxygen atoms in total. The summed E-state index contributed by atoms with van der Waals surface area (Å²) in [5.41, 5.74) is 8.18. The molecule has 0 fully saturated rings. The number of nitrogens with one attached hydrogen (secondary N) is 2. The Hall–Kier alpha value is -5.10. The molecule has 0 spiro atoms. The van der Waals surface area contributed by atoms with Gasteiger partial charge in [-0.1, -0.05) is 56.3 Å². The van der Waals surface area contributed by atoms with Crippen molar-refractivity contribution >= 4 is 23.9 Å². The number of carbonyl (C=O) groups excluding carboxylic acids is 4. The molecule has 1 aliphatic rings. The van der Waals surface area contributed by atoms with Crippen molar-refractivity contribution in [2.45, 2.75) is 84.1 Å². The van der Waals surface area contributed by atoms with Gasteiger partial charge in [0.25, 0.3) is 0 Å². The molecule has 1 aliphatic heterocycles. The highest BCUT2D eigenvalue weighted by molar-refractivity contribution is 5.99. The van der Waals surface area contributed by atoms with Crippen LogP contribution >= 0.6 is 0 Å². The summed E-state index contributed by atoms with van der Waals surface area (Å²) in [6.07, 6.45) is -0.974. The molecule has 49 heavy (non-hydrogen) atoms. The lowest BCUT2D eigenvalue weighted by Gasteiger charge is -2.37. The summed E-state index contributed by atoms with van der Waals surface area (Å²) in [5.74, 6) is -0.157. The van der Waals surface area contributed by atoms with E-state index in [9.17, 15) is 19.2 Å². The molecule has 3 aromatic carbocycles. The Bertz CT molecular complexity index is 1700. The number of nitrogens with two attached hydrogens (primary N) is 1. The van der Waals surface area contributed by atoms with E-state index in [0.717, 1.165) is 16.7 Å². The first-order chi connectivity index (χ1) is 23.1. The summed E-state index contributed by atoms with van der Waals surface area (Å²) in [6, 6.07) is 15.4. The lowest BCUT2D eigenvalue weighted by atomic mass is 9.74. The van der Waals surface area contributed by atoms with Crippen LogP contribution in [0.1, 0.15) is 75.3 Å². The lowest BCUT2D eigenvalue weighted by Crippen LogP contribution is -2.44. The minimum absolute atomic E-state index is 0.00713. The molecule has 0 saturated heterocycles. The Morgan fingerprint density at radius 2 is 1.47 bits per heavy atom. The minimum Gasteiger partial charge on any atom is -0.496 e. The Balaban J connectivity index is 1.51. The number of esters is 1. The molecule has 4 N–H and O–H groups in total. The number of rotatable bonds is 12. The fourth-order valence-electron chi connectivity index (χ4n) is 5.53. The fraction of sp³-hybridized carbons (Fsp3) is 0.405. The zero-order chi connectivity index (χ0) is 35.9. The first kappa shape index (κ1) is 36.7. The van der Waals surface area contributed by atoms with Crippen molar-refractivity contribution in [3.63, 3.8) is 0 Å². The molecule has 0 saturated carbocycles. The third kappa shape index (κ3) is 9.08. The van der Waals surface area contributed by atoms with Gasteiger partial charge in [0, 0.05) is 28.5 Å². The van der Waals surface area contributed by atoms with Crippen molar-refractivity contribution in [1.29, 1.82) is 0 Å². The van der Waals surface area contributed by atoms with Gasteiger partial charge in [-0.2, -0.15) is 0 Å². The summed E-state index contributed by atoms with van der Waals surface area (Å²) >= 11 is 0. The van der Waals surface area contributed by atoms with Gasteiger partial charge in [0.15, 0.2) is 0 Å². The Labute approximate surface area is 286 Å². The van der Waals surface area contributed by atoms with Crippen LogP contribution in [0.4, 0.5) is 4.79 Å². The minimum atomic E-state index is -1.12. The van der Waals surface area contributed by atoms with Crippen LogP contribution < -0.4 is 30.6 Å². The van der Waals surface area contributed by atoms with Crippen LogP contribution in [-0.4, -0.2) is 49.7 Å². The van der Waals surface area contributed by atoms with E-state index in [2.05, 4.69) is 10.6 Å². The quantitative estimate of drug-likeness (QED) is 0.218. The maximum atomic E-state index is 13.3. The van der Waals surface area contributed by atoms with E-state index in [4.69, 9.17) is 29.4 Å². The number of ether oxygens (including phenoxy) is 5. The molecule has 3 amide bonds. The number of hydrogen-bond acceptors (Lipinski definition) is 10. The summed E-state index contributed by atoms with van der Waals surface area (Å²) in [6.45, 7) is 9.52. The summed E-state index contributed by atoms with van der Waals surface area (Å²) in [7, 11) is 3.00. The van der Waals surface area contributed by atoms with Crippen molar-refractivity contribution in [3.05, 3.63) is 82.4 Å². The van der Waals surface area contributed by atoms with Gasteiger partial charge in [-0.05, 0) is 44.9 Å². The van der Waals surface area contributed by atoms with Crippen LogP contribution in [0.3, 0.4) is 0 Å². The third-order valence-electron chi connectivity index (χ3n) is 8.07. The molecule has 1 atom stereocenters. The summed E-state index contributed by atoms with van der Waals surface area (Å²) in [4.78, 5) is 50.9. The van der Waals surface area contributed by atoms with Crippen molar-refractivity contribution < 1.29 is 42.9 Å². The van der Waals surface area contributed by atoms with E-state index in [1.807, 2.05) is 62.4 Å². The number of carbonyl (C=O) groups is 4. The Morgan fingerprint density at radius 3 is 2.06 bits per heavy atom. The van der Waals surface area contributed by atoms with Crippen LogP contribution in [0.2, 0.25) is 0 Å². The predicted molar refractivity (Wildman–Crippen MR) is 182 cm³/mol. The summed E-state index contributed by atoms with van der Waals surface area (Å²) < 4.78 is 28.5. The second-order valence-corrected chi connectivity index (χ2v) is 13.2. The summed E-state index contributed by atoms with van der Waals surface area (Å²) in [5, 5.41) is 5.12. The number of hydrogen-bond donors (Lipinski definition) is 3.